The summed E-state index contributed by atoms with van der Waals surface area (Å²) in [5.41, 5.74) is 3.47. The van der Waals surface area contributed by atoms with E-state index in [1.54, 1.807) is 0 Å². The molecule has 106 valence electrons. The van der Waals surface area contributed by atoms with Crippen LogP contribution in [0.2, 0.25) is 0 Å². The lowest BCUT2D eigenvalue weighted by Crippen LogP contribution is -2.29. The van der Waals surface area contributed by atoms with Crippen LogP contribution >= 0.6 is 11.3 Å². The molecule has 2 rings (SSSR count). The molecule has 1 aromatic heterocycles. The molecule has 0 aromatic carbocycles. The van der Waals surface area contributed by atoms with Crippen LogP contribution in [-0.4, -0.2) is 23.9 Å². The monoisotopic (exact) mass is 281 g/mol. The van der Waals surface area contributed by atoms with Gasteiger partial charge in [0.15, 0.2) is 0 Å². The van der Waals surface area contributed by atoms with E-state index >= 15 is 0 Å². The van der Waals surface area contributed by atoms with Crippen LogP contribution < -0.4 is 11.3 Å². The second-order valence-electron chi connectivity index (χ2n) is 5.21. The van der Waals surface area contributed by atoms with Crippen LogP contribution in [0.5, 0.6) is 0 Å². The zero-order chi connectivity index (χ0) is 13.7. The Kier molecular flexibility index (Phi) is 5.36. The SMILES string of the molecule is Cc1sc(C(=O)NN)cc1CN1CCCCCCC1. The molecule has 0 aliphatic carbocycles. The standard InChI is InChI=1S/C14H23N3OS/c1-11-12(9-13(19-11)14(18)16-15)10-17-7-5-3-2-4-6-8-17/h9H,2-8,10,15H2,1H3,(H,16,18). The smallest absolute Gasteiger partial charge is 0.275 e. The van der Waals surface area contributed by atoms with E-state index < -0.39 is 0 Å². The van der Waals surface area contributed by atoms with Crippen molar-refractivity contribution in [1.29, 1.82) is 0 Å². The lowest BCUT2D eigenvalue weighted by molar-refractivity contribution is 0.0957. The van der Waals surface area contributed by atoms with Gasteiger partial charge < -0.3 is 0 Å². The predicted octanol–water partition coefficient (Wildman–Crippen LogP) is 2.43. The number of hydrogen-bond acceptors (Lipinski definition) is 4. The van der Waals surface area contributed by atoms with Crippen molar-refractivity contribution >= 4 is 17.2 Å². The summed E-state index contributed by atoms with van der Waals surface area (Å²) in [7, 11) is 0. The summed E-state index contributed by atoms with van der Waals surface area (Å²) >= 11 is 1.53. The van der Waals surface area contributed by atoms with E-state index in [9.17, 15) is 4.79 Å². The molecule has 4 nitrogen and oxygen atoms in total. The zero-order valence-corrected chi connectivity index (χ0v) is 12.4. The molecule has 1 amide bonds. The van der Waals surface area contributed by atoms with E-state index in [1.165, 1.54) is 67.0 Å². The van der Waals surface area contributed by atoms with Crippen molar-refractivity contribution in [2.45, 2.75) is 45.6 Å². The number of hydrogen-bond donors (Lipinski definition) is 2. The van der Waals surface area contributed by atoms with Crippen molar-refractivity contribution in [3.8, 4) is 0 Å². The highest BCUT2D eigenvalue weighted by atomic mass is 32.1. The van der Waals surface area contributed by atoms with Gasteiger partial charge in [-0.25, -0.2) is 5.84 Å². The molecular formula is C14H23N3OS. The van der Waals surface area contributed by atoms with Gasteiger partial charge >= 0.3 is 0 Å². The highest BCUT2D eigenvalue weighted by molar-refractivity contribution is 7.14. The third kappa shape index (κ3) is 4.03. The largest absolute Gasteiger partial charge is 0.299 e. The molecule has 1 saturated heterocycles. The molecule has 1 fully saturated rings. The van der Waals surface area contributed by atoms with E-state index in [2.05, 4.69) is 17.2 Å². The summed E-state index contributed by atoms with van der Waals surface area (Å²) in [6.07, 6.45) is 6.66. The molecule has 0 bridgehead atoms. The Labute approximate surface area is 118 Å². The highest BCUT2D eigenvalue weighted by Gasteiger charge is 2.14. The molecule has 0 radical (unpaired) electrons. The van der Waals surface area contributed by atoms with Crippen molar-refractivity contribution < 1.29 is 4.79 Å². The Morgan fingerprint density at radius 2 is 1.95 bits per heavy atom. The van der Waals surface area contributed by atoms with Gasteiger partial charge in [-0.3, -0.25) is 15.1 Å². The van der Waals surface area contributed by atoms with Crippen molar-refractivity contribution in [3.05, 3.63) is 21.4 Å². The summed E-state index contributed by atoms with van der Waals surface area (Å²) in [4.78, 5) is 16.0. The predicted molar refractivity (Wildman–Crippen MR) is 79.1 cm³/mol. The van der Waals surface area contributed by atoms with Crippen molar-refractivity contribution in [3.63, 3.8) is 0 Å². The molecule has 0 unspecified atom stereocenters. The summed E-state index contributed by atoms with van der Waals surface area (Å²) in [6.45, 7) is 5.39. The van der Waals surface area contributed by atoms with E-state index in [-0.39, 0.29) is 5.91 Å². The molecule has 0 spiro atoms. The van der Waals surface area contributed by atoms with Gasteiger partial charge in [-0.05, 0) is 44.5 Å². The Balaban J connectivity index is 2.00. The summed E-state index contributed by atoms with van der Waals surface area (Å²) in [5.74, 6) is 4.99. The van der Waals surface area contributed by atoms with Crippen molar-refractivity contribution in [1.82, 2.24) is 10.3 Å². The number of amides is 1. The van der Waals surface area contributed by atoms with Crippen molar-refractivity contribution in [2.24, 2.45) is 5.84 Å². The minimum atomic E-state index is -0.188. The fourth-order valence-corrected chi connectivity index (χ4v) is 3.51. The summed E-state index contributed by atoms with van der Waals surface area (Å²) in [6, 6.07) is 1.99. The number of thiophene rings is 1. The molecule has 5 heteroatoms. The first kappa shape index (κ1) is 14.5. The minimum Gasteiger partial charge on any atom is -0.299 e. The number of aryl methyl sites for hydroxylation is 1. The average molecular weight is 281 g/mol. The van der Waals surface area contributed by atoms with Gasteiger partial charge in [0.1, 0.15) is 0 Å². The second kappa shape index (κ2) is 7.03. The van der Waals surface area contributed by atoms with Gasteiger partial charge in [-0.15, -0.1) is 11.3 Å². The molecule has 0 saturated carbocycles. The van der Waals surface area contributed by atoms with Crippen LogP contribution in [0.3, 0.4) is 0 Å². The summed E-state index contributed by atoms with van der Waals surface area (Å²) < 4.78 is 0. The van der Waals surface area contributed by atoms with E-state index in [1.807, 2.05) is 6.07 Å². The van der Waals surface area contributed by atoms with Crippen LogP contribution in [0.15, 0.2) is 6.07 Å². The fraction of sp³-hybridized carbons (Fsp3) is 0.643. The van der Waals surface area contributed by atoms with Gasteiger partial charge in [0.25, 0.3) is 5.91 Å². The van der Waals surface area contributed by atoms with Gasteiger partial charge in [0.2, 0.25) is 0 Å². The Morgan fingerprint density at radius 1 is 1.32 bits per heavy atom. The number of carbonyl (C=O) groups excluding carboxylic acids is 1. The number of carbonyl (C=O) groups is 1. The first-order chi connectivity index (χ1) is 9.20. The molecule has 3 N–H and O–H groups in total. The van der Waals surface area contributed by atoms with Crippen LogP contribution in [0.4, 0.5) is 0 Å². The minimum absolute atomic E-state index is 0.188. The Bertz CT molecular complexity index is 422. The Morgan fingerprint density at radius 3 is 2.58 bits per heavy atom. The summed E-state index contributed by atoms with van der Waals surface area (Å²) in [5, 5.41) is 0. The highest BCUT2D eigenvalue weighted by Crippen LogP contribution is 2.23. The maximum atomic E-state index is 11.5. The maximum Gasteiger partial charge on any atom is 0.275 e. The van der Waals surface area contributed by atoms with Crippen LogP contribution in [-0.2, 0) is 6.54 Å². The van der Waals surface area contributed by atoms with Gasteiger partial charge in [-0.1, -0.05) is 19.3 Å². The quantitative estimate of drug-likeness (QED) is 0.508. The first-order valence-corrected chi connectivity index (χ1v) is 7.85. The Hall–Kier alpha value is -0.910. The molecule has 2 heterocycles. The average Bonchev–Trinajstić information content (AvgIpc) is 2.73. The molecule has 1 aromatic rings. The lowest BCUT2D eigenvalue weighted by Gasteiger charge is -2.24. The zero-order valence-electron chi connectivity index (χ0n) is 11.6. The van der Waals surface area contributed by atoms with Crippen LogP contribution in [0.1, 0.15) is 52.2 Å². The maximum absolute atomic E-state index is 11.5. The third-order valence-electron chi connectivity index (χ3n) is 3.72. The van der Waals surface area contributed by atoms with E-state index in [4.69, 9.17) is 5.84 Å². The number of likely N-dealkylation sites (tertiary alicyclic amines) is 1. The number of nitrogens with zero attached hydrogens (tertiary/aromatic N) is 1. The van der Waals surface area contributed by atoms with Crippen LogP contribution in [0, 0.1) is 6.92 Å². The fourth-order valence-electron chi connectivity index (χ4n) is 2.57. The van der Waals surface area contributed by atoms with E-state index in [0.29, 0.717) is 4.88 Å². The van der Waals surface area contributed by atoms with Gasteiger partial charge in [0.05, 0.1) is 4.88 Å². The van der Waals surface area contributed by atoms with Gasteiger partial charge in [0, 0.05) is 11.4 Å². The first-order valence-electron chi connectivity index (χ1n) is 7.03. The van der Waals surface area contributed by atoms with Crippen LogP contribution in [0.25, 0.3) is 0 Å². The molecular weight excluding hydrogens is 258 g/mol. The number of nitrogens with two attached hydrogens (primary N) is 1. The number of nitrogens with one attached hydrogen (secondary N) is 1. The number of nitrogen functional groups attached to an aromatic ring is 1. The van der Waals surface area contributed by atoms with Crippen molar-refractivity contribution in [2.75, 3.05) is 13.1 Å². The molecule has 19 heavy (non-hydrogen) atoms. The number of hydrazine groups is 1. The molecule has 1 aliphatic heterocycles. The molecule has 1 aliphatic rings. The van der Waals surface area contributed by atoms with E-state index in [0.717, 1.165) is 6.54 Å². The topological polar surface area (TPSA) is 58.4 Å². The molecule has 0 atom stereocenters. The normalized spacial score (nSPS) is 17.8. The second-order valence-corrected chi connectivity index (χ2v) is 6.47. The third-order valence-corrected chi connectivity index (χ3v) is 4.81. The number of rotatable bonds is 3. The van der Waals surface area contributed by atoms with Gasteiger partial charge in [-0.2, -0.15) is 0 Å². The lowest BCUT2D eigenvalue weighted by atomic mass is 10.1.